The first-order valence-electron chi connectivity index (χ1n) is 11.1. The van der Waals surface area contributed by atoms with Crippen LogP contribution in [0.2, 0.25) is 0 Å². The van der Waals surface area contributed by atoms with Gasteiger partial charge in [-0.25, -0.2) is 9.97 Å². The van der Waals surface area contributed by atoms with Crippen LogP contribution in [0, 0.1) is 5.92 Å². The van der Waals surface area contributed by atoms with Crippen LogP contribution in [0.3, 0.4) is 0 Å². The minimum Gasteiger partial charge on any atom is -0.492 e. The van der Waals surface area contributed by atoms with Crippen LogP contribution in [-0.4, -0.2) is 48.7 Å². The molecule has 2 saturated heterocycles. The van der Waals surface area contributed by atoms with Crippen LogP contribution >= 0.6 is 0 Å². The normalized spacial score (nSPS) is 17.6. The summed E-state index contributed by atoms with van der Waals surface area (Å²) in [6, 6.07) is 9.70. The molecule has 2 fully saturated rings. The van der Waals surface area contributed by atoms with Crippen LogP contribution in [0.5, 0.6) is 5.75 Å². The van der Waals surface area contributed by atoms with Gasteiger partial charge in [-0.1, -0.05) is 12.1 Å². The zero-order valence-electron chi connectivity index (χ0n) is 17.7. The fourth-order valence-corrected chi connectivity index (χ4v) is 4.26. The van der Waals surface area contributed by atoms with E-state index in [1.165, 1.54) is 19.3 Å². The summed E-state index contributed by atoms with van der Waals surface area (Å²) in [5.74, 6) is 2.77. The van der Waals surface area contributed by atoms with Crippen molar-refractivity contribution in [2.45, 2.75) is 39.0 Å². The first kappa shape index (κ1) is 20.4. The molecule has 2 aromatic rings. The van der Waals surface area contributed by atoms with Crippen molar-refractivity contribution in [2.75, 3.05) is 47.9 Å². The number of carbonyl (C=O) groups is 1. The smallest absolute Gasteiger partial charge is 0.227 e. The van der Waals surface area contributed by atoms with Crippen molar-refractivity contribution < 1.29 is 9.53 Å². The van der Waals surface area contributed by atoms with Gasteiger partial charge in [-0.2, -0.15) is 0 Å². The van der Waals surface area contributed by atoms with Crippen molar-refractivity contribution in [3.63, 3.8) is 0 Å². The molecule has 0 atom stereocenters. The van der Waals surface area contributed by atoms with E-state index in [2.05, 4.69) is 31.2 Å². The van der Waals surface area contributed by atoms with Crippen LogP contribution in [0.25, 0.3) is 0 Å². The second kappa shape index (κ2) is 9.78. The molecule has 0 unspecified atom stereocenters. The standard InChI is InChI=1S/C23H31N5O2/c1-2-30-20-9-5-4-8-19(20)26-23(29)18-10-14-28(15-11-18)22-16-21(24-17-25-22)27-12-6-3-7-13-27/h4-5,8-9,16-18H,2-3,6-7,10-15H2,1H3,(H,26,29). The maximum atomic E-state index is 12.8. The van der Waals surface area contributed by atoms with E-state index < -0.39 is 0 Å². The monoisotopic (exact) mass is 409 g/mol. The molecule has 0 radical (unpaired) electrons. The number of benzene rings is 1. The maximum absolute atomic E-state index is 12.8. The number of hydrogen-bond donors (Lipinski definition) is 1. The highest BCUT2D eigenvalue weighted by atomic mass is 16.5. The van der Waals surface area contributed by atoms with E-state index in [1.807, 2.05) is 31.2 Å². The number of ether oxygens (including phenoxy) is 1. The molecule has 3 heterocycles. The van der Waals surface area contributed by atoms with Gasteiger partial charge in [-0.15, -0.1) is 0 Å². The summed E-state index contributed by atoms with van der Waals surface area (Å²) < 4.78 is 5.62. The van der Waals surface area contributed by atoms with E-state index in [0.717, 1.165) is 62.1 Å². The van der Waals surface area contributed by atoms with Crippen LogP contribution in [0.15, 0.2) is 36.7 Å². The van der Waals surface area contributed by atoms with E-state index in [1.54, 1.807) is 6.33 Å². The number of aromatic nitrogens is 2. The molecule has 0 aliphatic carbocycles. The van der Waals surface area contributed by atoms with E-state index >= 15 is 0 Å². The number of para-hydroxylation sites is 2. The third kappa shape index (κ3) is 4.83. The zero-order valence-corrected chi connectivity index (χ0v) is 17.7. The number of nitrogens with zero attached hydrogens (tertiary/aromatic N) is 4. The van der Waals surface area contributed by atoms with Crippen molar-refractivity contribution in [1.29, 1.82) is 0 Å². The first-order chi connectivity index (χ1) is 14.7. The third-order valence-corrected chi connectivity index (χ3v) is 5.95. The molecule has 4 rings (SSSR count). The van der Waals surface area contributed by atoms with Gasteiger partial charge in [0.2, 0.25) is 5.91 Å². The Labute approximate surface area is 178 Å². The molecule has 2 aliphatic rings. The van der Waals surface area contributed by atoms with Crippen LogP contribution in [-0.2, 0) is 4.79 Å². The molecule has 7 heteroatoms. The molecular formula is C23H31N5O2. The maximum Gasteiger partial charge on any atom is 0.227 e. The van der Waals surface area contributed by atoms with Crippen LogP contribution < -0.4 is 19.9 Å². The van der Waals surface area contributed by atoms with Gasteiger partial charge in [0.05, 0.1) is 12.3 Å². The van der Waals surface area contributed by atoms with Gasteiger partial charge in [-0.3, -0.25) is 4.79 Å². The fraction of sp³-hybridized carbons (Fsp3) is 0.522. The molecule has 30 heavy (non-hydrogen) atoms. The van der Waals surface area contributed by atoms with Gasteiger partial charge in [0.25, 0.3) is 0 Å². The molecule has 1 aromatic heterocycles. The highest BCUT2D eigenvalue weighted by Crippen LogP contribution is 2.28. The average molecular weight is 410 g/mol. The number of amides is 1. The lowest BCUT2D eigenvalue weighted by Crippen LogP contribution is -2.39. The fourth-order valence-electron chi connectivity index (χ4n) is 4.26. The number of rotatable bonds is 6. The Bertz CT molecular complexity index is 845. The minimum atomic E-state index is -0.000616. The lowest BCUT2D eigenvalue weighted by atomic mass is 9.95. The number of carbonyl (C=O) groups excluding carboxylic acids is 1. The molecule has 1 amide bonds. The van der Waals surface area contributed by atoms with Gasteiger partial charge in [-0.05, 0) is 51.2 Å². The Morgan fingerprint density at radius 1 is 1.03 bits per heavy atom. The SMILES string of the molecule is CCOc1ccccc1NC(=O)C1CCN(c2cc(N3CCCCC3)ncn2)CC1. The lowest BCUT2D eigenvalue weighted by molar-refractivity contribution is -0.120. The Morgan fingerprint density at radius 2 is 1.70 bits per heavy atom. The Hall–Kier alpha value is -2.83. The topological polar surface area (TPSA) is 70.6 Å². The van der Waals surface area contributed by atoms with Gasteiger partial charge in [0, 0.05) is 38.2 Å². The predicted molar refractivity (Wildman–Crippen MR) is 119 cm³/mol. The largest absolute Gasteiger partial charge is 0.492 e. The quantitative estimate of drug-likeness (QED) is 0.784. The highest BCUT2D eigenvalue weighted by molar-refractivity contribution is 5.94. The van der Waals surface area contributed by atoms with E-state index in [4.69, 9.17) is 4.74 Å². The first-order valence-corrected chi connectivity index (χ1v) is 11.1. The molecule has 160 valence electrons. The molecular weight excluding hydrogens is 378 g/mol. The Balaban J connectivity index is 1.34. The van der Waals surface area contributed by atoms with Crippen molar-refractivity contribution in [3.05, 3.63) is 36.7 Å². The van der Waals surface area contributed by atoms with Crippen molar-refractivity contribution >= 4 is 23.2 Å². The minimum absolute atomic E-state index is 0.000616. The summed E-state index contributed by atoms with van der Waals surface area (Å²) in [6.45, 7) is 6.30. The van der Waals surface area contributed by atoms with Crippen molar-refractivity contribution in [3.8, 4) is 5.75 Å². The Morgan fingerprint density at radius 3 is 2.40 bits per heavy atom. The number of anilines is 3. The molecule has 1 aromatic carbocycles. The van der Waals surface area contributed by atoms with E-state index in [9.17, 15) is 4.79 Å². The number of piperidine rings is 2. The average Bonchev–Trinajstić information content (AvgIpc) is 2.81. The van der Waals surface area contributed by atoms with Crippen molar-refractivity contribution in [1.82, 2.24) is 9.97 Å². The summed E-state index contributed by atoms with van der Waals surface area (Å²) in [4.78, 5) is 26.4. The van der Waals surface area contributed by atoms with Gasteiger partial charge >= 0.3 is 0 Å². The van der Waals surface area contributed by atoms with E-state index in [-0.39, 0.29) is 11.8 Å². The molecule has 7 nitrogen and oxygen atoms in total. The number of hydrogen-bond acceptors (Lipinski definition) is 6. The molecule has 0 spiro atoms. The lowest BCUT2D eigenvalue weighted by Gasteiger charge is -2.33. The predicted octanol–water partition coefficient (Wildman–Crippen LogP) is 3.72. The molecule has 0 bridgehead atoms. The van der Waals surface area contributed by atoms with Crippen LogP contribution in [0.1, 0.15) is 39.0 Å². The highest BCUT2D eigenvalue weighted by Gasteiger charge is 2.26. The summed E-state index contributed by atoms with van der Waals surface area (Å²) in [6.07, 6.45) is 7.05. The molecule has 2 aliphatic heterocycles. The van der Waals surface area contributed by atoms with Crippen LogP contribution in [0.4, 0.5) is 17.3 Å². The van der Waals surface area contributed by atoms with Gasteiger partial charge in [0.15, 0.2) is 0 Å². The second-order valence-electron chi connectivity index (χ2n) is 7.96. The second-order valence-corrected chi connectivity index (χ2v) is 7.96. The number of nitrogens with one attached hydrogen (secondary N) is 1. The summed E-state index contributed by atoms with van der Waals surface area (Å²) >= 11 is 0. The molecule has 1 N–H and O–H groups in total. The van der Waals surface area contributed by atoms with Gasteiger partial charge in [0.1, 0.15) is 23.7 Å². The third-order valence-electron chi connectivity index (χ3n) is 5.95. The van der Waals surface area contributed by atoms with Crippen molar-refractivity contribution in [2.24, 2.45) is 5.92 Å². The summed E-state index contributed by atoms with van der Waals surface area (Å²) in [5.41, 5.74) is 0.744. The Kier molecular flexibility index (Phi) is 6.67. The summed E-state index contributed by atoms with van der Waals surface area (Å²) in [7, 11) is 0. The molecule has 0 saturated carbocycles. The van der Waals surface area contributed by atoms with E-state index in [0.29, 0.717) is 6.61 Å². The zero-order chi connectivity index (χ0) is 20.8. The van der Waals surface area contributed by atoms with Gasteiger partial charge < -0.3 is 19.9 Å². The summed E-state index contributed by atoms with van der Waals surface area (Å²) in [5, 5.41) is 3.06.